The van der Waals surface area contributed by atoms with Gasteiger partial charge in [0.1, 0.15) is 10.5 Å². The van der Waals surface area contributed by atoms with Gasteiger partial charge in [0.05, 0.1) is 0 Å². The van der Waals surface area contributed by atoms with Gasteiger partial charge in [0, 0.05) is 13.2 Å². The molecule has 0 aromatic heterocycles. The Morgan fingerprint density at radius 3 is 2.12 bits per heavy atom. The molecule has 0 aliphatic carbocycles. The lowest BCUT2D eigenvalue weighted by molar-refractivity contribution is -0.131. The van der Waals surface area contributed by atoms with Crippen molar-refractivity contribution in [3.05, 3.63) is 12.7 Å². The molecule has 1 N–H and O–H groups in total. The average Bonchev–Trinajstić information content (AvgIpc) is 1.69. The van der Waals surface area contributed by atoms with Crippen LogP contribution in [-0.2, 0) is 9.22 Å². The largest absolute Gasteiger partial charge is 0.478 e. The van der Waals surface area contributed by atoms with Crippen LogP contribution in [0.3, 0.4) is 0 Å². The monoisotopic (exact) mass is 134 g/mol. The lowest BCUT2D eigenvalue weighted by Gasteiger charge is -1.64. The van der Waals surface area contributed by atoms with E-state index in [0.29, 0.717) is 0 Å². The molecule has 0 radical (unpaired) electrons. The molecule has 0 aliphatic rings. The van der Waals surface area contributed by atoms with Crippen molar-refractivity contribution in [2.75, 3.05) is 7.11 Å². The van der Waals surface area contributed by atoms with Crippen molar-refractivity contribution in [1.82, 2.24) is 0 Å². The predicted molar refractivity (Wildman–Crippen MR) is 34.8 cm³/mol. The summed E-state index contributed by atoms with van der Waals surface area (Å²) in [5.41, 5.74) is 0. The van der Waals surface area contributed by atoms with Gasteiger partial charge in [0.2, 0.25) is 0 Å². The van der Waals surface area contributed by atoms with E-state index in [2.05, 4.69) is 11.0 Å². The van der Waals surface area contributed by atoms with Crippen LogP contribution in [0.15, 0.2) is 12.7 Å². The summed E-state index contributed by atoms with van der Waals surface area (Å²) in [6.07, 6.45) is 0.833. The van der Waals surface area contributed by atoms with E-state index in [9.17, 15) is 4.79 Å². The Hall–Kier alpha value is -0.613. The molecule has 0 amide bonds. The van der Waals surface area contributed by atoms with Gasteiger partial charge in [0.25, 0.3) is 0 Å². The van der Waals surface area contributed by atoms with Gasteiger partial charge in [-0.2, -0.15) is 0 Å². The summed E-state index contributed by atoms with van der Waals surface area (Å²) in [6.45, 7) is 2.96. The summed E-state index contributed by atoms with van der Waals surface area (Å²) >= 11 is 0. The van der Waals surface area contributed by atoms with E-state index in [1.54, 1.807) is 7.11 Å². The molecule has 3 nitrogen and oxygen atoms in total. The van der Waals surface area contributed by atoms with E-state index in [-0.39, 0.29) is 0 Å². The average molecular weight is 134 g/mol. The third-order valence-corrected chi connectivity index (χ3v) is 0.175. The van der Waals surface area contributed by atoms with Crippen molar-refractivity contribution in [1.29, 1.82) is 0 Å². The Balaban J connectivity index is 0. The zero-order chi connectivity index (χ0) is 6.99. The number of rotatable bonds is 1. The van der Waals surface area contributed by atoms with Crippen LogP contribution in [0.25, 0.3) is 0 Å². The number of hydrogen-bond acceptors (Lipinski definition) is 2. The fraction of sp³-hybridized carbons (Fsp3) is 0.250. The smallest absolute Gasteiger partial charge is 0.327 e. The third kappa shape index (κ3) is 53.9. The highest BCUT2D eigenvalue weighted by molar-refractivity contribution is 5.97. The Kier molecular flexibility index (Phi) is 12.5. The summed E-state index contributed by atoms with van der Waals surface area (Å²) in [4.78, 5) is 9.25. The molecule has 48 valence electrons. The van der Waals surface area contributed by atoms with Gasteiger partial charge >= 0.3 is 5.97 Å². The Morgan fingerprint density at radius 1 is 2.00 bits per heavy atom. The molecule has 0 heterocycles. The van der Waals surface area contributed by atoms with Crippen molar-refractivity contribution < 1.29 is 14.3 Å². The van der Waals surface area contributed by atoms with Crippen molar-refractivity contribution in [2.24, 2.45) is 0 Å². The normalized spacial score (nSPS) is 6.62. The van der Waals surface area contributed by atoms with Gasteiger partial charge < -0.3 is 9.53 Å². The van der Waals surface area contributed by atoms with Gasteiger partial charge in [-0.05, 0) is 0 Å². The lowest BCUT2D eigenvalue weighted by Crippen LogP contribution is -1.82. The molecular weight excluding hydrogens is 124 g/mol. The second-order valence-corrected chi connectivity index (χ2v) is 1.77. The summed E-state index contributed by atoms with van der Waals surface area (Å²) in [6, 6.07) is 0. The number of hydrogen-bond donors (Lipinski definition) is 1. The molecule has 0 bridgehead atoms. The summed E-state index contributed by atoms with van der Waals surface area (Å²) in [5.74, 6) is -0.981. The maximum Gasteiger partial charge on any atom is 0.327 e. The van der Waals surface area contributed by atoms with Gasteiger partial charge in [0.15, 0.2) is 0 Å². The molecule has 0 fully saturated rings. The zero-order valence-corrected chi connectivity index (χ0v) is 7.05. The maximum absolute atomic E-state index is 9.25. The van der Waals surface area contributed by atoms with E-state index < -0.39 is 5.97 Å². The van der Waals surface area contributed by atoms with Crippen molar-refractivity contribution in [3.8, 4) is 0 Å². The molecule has 0 aliphatic heterocycles. The molecule has 0 saturated heterocycles. The van der Waals surface area contributed by atoms with Crippen LogP contribution in [-0.4, -0.2) is 28.7 Å². The molecule has 0 aromatic rings. The first kappa shape index (κ1) is 10.4. The van der Waals surface area contributed by atoms with Gasteiger partial charge in [-0.3, -0.25) is 0 Å². The molecule has 0 atom stereocenters. The Bertz CT molecular complexity index is 71.7. The molecule has 4 heteroatoms. The fourth-order valence-corrected chi connectivity index (χ4v) is 0. The zero-order valence-electron chi connectivity index (χ0n) is 5.05. The van der Waals surface area contributed by atoms with E-state index >= 15 is 0 Å². The molecule has 0 rings (SSSR count). The molecule has 0 spiro atoms. The first-order chi connectivity index (χ1) is 3.68. The second kappa shape index (κ2) is 9.63. The minimum atomic E-state index is -0.981. The Morgan fingerprint density at radius 2 is 2.12 bits per heavy atom. The highest BCUT2D eigenvalue weighted by atomic mass is 28.2. The van der Waals surface area contributed by atoms with Crippen LogP contribution >= 0.6 is 0 Å². The van der Waals surface area contributed by atoms with Crippen LogP contribution in [0.2, 0.25) is 0 Å². The minimum Gasteiger partial charge on any atom is -0.478 e. The SMILES string of the molecule is C=CC(=O)O.CO[SiH3]. The van der Waals surface area contributed by atoms with Crippen molar-refractivity contribution in [3.63, 3.8) is 0 Å². The highest BCUT2D eigenvalue weighted by Crippen LogP contribution is 1.54. The maximum atomic E-state index is 9.25. The number of carboxylic acids is 1. The van der Waals surface area contributed by atoms with E-state index in [1.165, 1.54) is 0 Å². The fourth-order valence-electron chi connectivity index (χ4n) is 0. The topological polar surface area (TPSA) is 46.5 Å². The Labute approximate surface area is 51.5 Å². The van der Waals surface area contributed by atoms with Crippen LogP contribution in [0.4, 0.5) is 0 Å². The first-order valence-electron chi connectivity index (χ1n) is 1.94. The highest BCUT2D eigenvalue weighted by Gasteiger charge is 1.73. The van der Waals surface area contributed by atoms with Crippen molar-refractivity contribution >= 4 is 16.5 Å². The van der Waals surface area contributed by atoms with Crippen LogP contribution in [0.5, 0.6) is 0 Å². The van der Waals surface area contributed by atoms with E-state index in [0.717, 1.165) is 16.6 Å². The van der Waals surface area contributed by atoms with Crippen LogP contribution in [0, 0.1) is 0 Å². The number of aliphatic carboxylic acids is 1. The van der Waals surface area contributed by atoms with Crippen LogP contribution < -0.4 is 0 Å². The molecule has 0 unspecified atom stereocenters. The standard InChI is InChI=1S/C3H4O2.CH6OSi/c1-2-3(4)5;1-2-3/h2H,1H2,(H,4,5);1,3H3. The van der Waals surface area contributed by atoms with E-state index in [1.807, 2.05) is 0 Å². The second-order valence-electron chi connectivity index (χ2n) is 0.951. The van der Waals surface area contributed by atoms with E-state index in [4.69, 9.17) is 5.11 Å². The van der Waals surface area contributed by atoms with Crippen molar-refractivity contribution in [2.45, 2.75) is 0 Å². The van der Waals surface area contributed by atoms with Gasteiger partial charge in [-0.1, -0.05) is 6.58 Å². The molecule has 0 aromatic carbocycles. The molecular formula is C4H10O3Si. The summed E-state index contributed by atoms with van der Waals surface area (Å²) in [5, 5.41) is 7.60. The molecule has 8 heavy (non-hydrogen) atoms. The molecule has 0 saturated carbocycles. The quantitative estimate of drug-likeness (QED) is 0.376. The van der Waals surface area contributed by atoms with Gasteiger partial charge in [-0.15, -0.1) is 0 Å². The summed E-state index contributed by atoms with van der Waals surface area (Å²) < 4.78 is 4.39. The first-order valence-corrected chi connectivity index (χ1v) is 2.76. The summed E-state index contributed by atoms with van der Waals surface area (Å²) in [7, 11) is 2.56. The lowest BCUT2D eigenvalue weighted by atomic mass is 10.7. The third-order valence-electron chi connectivity index (χ3n) is 0.175. The number of carboxylic acid groups (broad SMARTS) is 1. The van der Waals surface area contributed by atoms with Crippen LogP contribution in [0.1, 0.15) is 0 Å². The minimum absolute atomic E-state index is 0.833. The number of carbonyl (C=O) groups is 1. The van der Waals surface area contributed by atoms with Gasteiger partial charge in [-0.25, -0.2) is 4.79 Å². The predicted octanol–water partition coefficient (Wildman–Crippen LogP) is -0.830.